The zero-order valence-electron chi connectivity index (χ0n) is 7.83. The molecule has 0 fully saturated rings. The molecule has 0 saturated heterocycles. The number of aldehydes is 1. The van der Waals surface area contributed by atoms with Crippen LogP contribution in [-0.2, 0) is 0 Å². The molecule has 4 heteroatoms. The number of carbonyl (C=O) groups excluding carboxylic acids is 1. The van der Waals surface area contributed by atoms with E-state index in [1.54, 1.807) is 24.3 Å². The summed E-state index contributed by atoms with van der Waals surface area (Å²) in [5.41, 5.74) is 1.79. The average Bonchev–Trinajstić information content (AvgIpc) is 2.30. The Labute approximate surface area is 86.4 Å². The molecule has 2 aromatic rings. The van der Waals surface area contributed by atoms with Crippen molar-refractivity contribution in [3.8, 4) is 11.3 Å². The second-order valence-electron chi connectivity index (χ2n) is 3.03. The molecule has 0 radical (unpaired) electrons. The van der Waals surface area contributed by atoms with E-state index in [0.717, 1.165) is 16.6 Å². The van der Waals surface area contributed by atoms with Gasteiger partial charge in [-0.3, -0.25) is 9.78 Å². The van der Waals surface area contributed by atoms with E-state index in [4.69, 9.17) is 0 Å². The normalized spacial score (nSPS) is 9.87. The maximum absolute atomic E-state index is 11.4. The number of rotatable bonds is 2. The highest BCUT2D eigenvalue weighted by Gasteiger charge is 2.07. The second-order valence-corrected chi connectivity index (χ2v) is 3.03. The van der Waals surface area contributed by atoms with Gasteiger partial charge in [-0.2, -0.15) is 4.73 Å². The van der Waals surface area contributed by atoms with Crippen molar-refractivity contribution in [2.45, 2.75) is 0 Å². The summed E-state index contributed by atoms with van der Waals surface area (Å²) in [6.45, 7) is 0. The van der Waals surface area contributed by atoms with Gasteiger partial charge < -0.3 is 5.21 Å². The lowest BCUT2D eigenvalue weighted by Gasteiger charge is -2.02. The van der Waals surface area contributed by atoms with Crippen molar-refractivity contribution in [1.82, 2.24) is 4.98 Å². The van der Waals surface area contributed by atoms with Crippen molar-refractivity contribution in [2.75, 3.05) is 0 Å². The first-order valence-corrected chi connectivity index (χ1v) is 4.40. The van der Waals surface area contributed by atoms with E-state index in [1.165, 1.54) is 18.6 Å². The number of aromatic nitrogens is 2. The Hall–Kier alpha value is -2.23. The largest absolute Gasteiger partial charge is 0.618 e. The van der Waals surface area contributed by atoms with Crippen LogP contribution in [0, 0.1) is 5.21 Å². The Morgan fingerprint density at radius 1 is 1.27 bits per heavy atom. The van der Waals surface area contributed by atoms with E-state index >= 15 is 0 Å². The molecule has 1 aromatic heterocycles. The van der Waals surface area contributed by atoms with Crippen LogP contribution in [0.1, 0.15) is 10.4 Å². The van der Waals surface area contributed by atoms with Crippen LogP contribution < -0.4 is 4.73 Å². The third kappa shape index (κ3) is 1.83. The SMILES string of the molecule is O=Cc1ccc(-c2cncc[n+]2[O-])cc1. The topological polar surface area (TPSA) is 56.9 Å². The molecule has 0 N–H and O–H groups in total. The van der Waals surface area contributed by atoms with Crippen LogP contribution in [0.4, 0.5) is 0 Å². The monoisotopic (exact) mass is 200 g/mol. The standard InChI is InChI=1S/C11H8N2O2/c14-8-9-1-3-10(4-2-9)11-7-12-5-6-13(11)15/h1-8H. The summed E-state index contributed by atoms with van der Waals surface area (Å²) in [5, 5.41) is 11.4. The lowest BCUT2D eigenvalue weighted by Crippen LogP contribution is -2.28. The van der Waals surface area contributed by atoms with Gasteiger partial charge in [-0.15, -0.1) is 0 Å². The summed E-state index contributed by atoms with van der Waals surface area (Å²) in [7, 11) is 0. The first-order valence-electron chi connectivity index (χ1n) is 4.40. The summed E-state index contributed by atoms with van der Waals surface area (Å²) < 4.78 is 0.739. The van der Waals surface area contributed by atoms with E-state index in [9.17, 15) is 10.0 Å². The Bertz CT molecular complexity index is 480. The number of nitrogens with zero attached hydrogens (tertiary/aromatic N) is 2. The maximum Gasteiger partial charge on any atom is 0.242 e. The van der Waals surface area contributed by atoms with Gasteiger partial charge in [-0.05, 0) is 12.1 Å². The lowest BCUT2D eigenvalue weighted by atomic mass is 10.1. The molecule has 0 aliphatic rings. The Balaban J connectivity index is 2.46. The van der Waals surface area contributed by atoms with Crippen molar-refractivity contribution < 1.29 is 9.52 Å². The quantitative estimate of drug-likeness (QED) is 0.415. The predicted molar refractivity (Wildman–Crippen MR) is 54.0 cm³/mol. The predicted octanol–water partition coefficient (Wildman–Crippen LogP) is 1.19. The Morgan fingerprint density at radius 3 is 2.60 bits per heavy atom. The van der Waals surface area contributed by atoms with Gasteiger partial charge >= 0.3 is 0 Å². The number of carbonyl (C=O) groups is 1. The first-order chi connectivity index (χ1) is 7.31. The van der Waals surface area contributed by atoms with Crippen LogP contribution in [0.5, 0.6) is 0 Å². The van der Waals surface area contributed by atoms with E-state index < -0.39 is 0 Å². The average molecular weight is 200 g/mol. The molecule has 4 nitrogen and oxygen atoms in total. The first kappa shape index (κ1) is 9.33. The van der Waals surface area contributed by atoms with Crippen LogP contribution in [0.2, 0.25) is 0 Å². The molecule has 0 bridgehead atoms. The summed E-state index contributed by atoms with van der Waals surface area (Å²) in [6.07, 6.45) is 5.01. The van der Waals surface area contributed by atoms with Gasteiger partial charge in [0.2, 0.25) is 5.69 Å². The second kappa shape index (κ2) is 3.88. The van der Waals surface area contributed by atoms with E-state index in [0.29, 0.717) is 11.3 Å². The Morgan fingerprint density at radius 2 is 2.00 bits per heavy atom. The summed E-state index contributed by atoms with van der Waals surface area (Å²) in [4.78, 5) is 14.3. The number of benzene rings is 1. The van der Waals surface area contributed by atoms with E-state index in [2.05, 4.69) is 4.98 Å². The zero-order valence-corrected chi connectivity index (χ0v) is 7.83. The van der Waals surface area contributed by atoms with Crippen molar-refractivity contribution >= 4 is 6.29 Å². The molecular formula is C11H8N2O2. The number of hydrogen-bond acceptors (Lipinski definition) is 3. The van der Waals surface area contributed by atoms with Gasteiger partial charge in [-0.25, -0.2) is 0 Å². The maximum atomic E-state index is 11.4. The Kier molecular flexibility index (Phi) is 2.41. The van der Waals surface area contributed by atoms with Crippen molar-refractivity contribution in [3.05, 3.63) is 53.6 Å². The molecule has 0 aliphatic carbocycles. The van der Waals surface area contributed by atoms with Gasteiger partial charge in [0.25, 0.3) is 0 Å². The van der Waals surface area contributed by atoms with Crippen LogP contribution in [0.3, 0.4) is 0 Å². The molecule has 0 spiro atoms. The fourth-order valence-corrected chi connectivity index (χ4v) is 1.28. The molecule has 2 rings (SSSR count). The van der Waals surface area contributed by atoms with Gasteiger partial charge in [-0.1, -0.05) is 12.1 Å². The molecule has 15 heavy (non-hydrogen) atoms. The summed E-state index contributed by atoms with van der Waals surface area (Å²) in [6, 6.07) is 6.76. The minimum Gasteiger partial charge on any atom is -0.618 e. The van der Waals surface area contributed by atoms with Crippen LogP contribution in [0.15, 0.2) is 42.9 Å². The fourth-order valence-electron chi connectivity index (χ4n) is 1.28. The third-order valence-electron chi connectivity index (χ3n) is 2.06. The van der Waals surface area contributed by atoms with Crippen molar-refractivity contribution in [1.29, 1.82) is 0 Å². The summed E-state index contributed by atoms with van der Waals surface area (Å²) in [5.74, 6) is 0. The highest BCUT2D eigenvalue weighted by molar-refractivity contribution is 5.76. The molecule has 0 saturated carbocycles. The van der Waals surface area contributed by atoms with Crippen molar-refractivity contribution in [3.63, 3.8) is 0 Å². The zero-order chi connectivity index (χ0) is 10.7. The third-order valence-corrected chi connectivity index (χ3v) is 2.06. The highest BCUT2D eigenvalue weighted by atomic mass is 16.5. The van der Waals surface area contributed by atoms with Gasteiger partial charge in [0.05, 0.1) is 6.20 Å². The fraction of sp³-hybridized carbons (Fsp3) is 0. The van der Waals surface area contributed by atoms with Crippen LogP contribution in [-0.4, -0.2) is 11.3 Å². The molecule has 0 unspecified atom stereocenters. The highest BCUT2D eigenvalue weighted by Crippen LogP contribution is 2.13. The van der Waals surface area contributed by atoms with E-state index in [1.807, 2.05) is 0 Å². The van der Waals surface area contributed by atoms with Crippen LogP contribution in [0.25, 0.3) is 11.3 Å². The smallest absolute Gasteiger partial charge is 0.242 e. The van der Waals surface area contributed by atoms with Gasteiger partial charge in [0.15, 0.2) is 6.20 Å². The van der Waals surface area contributed by atoms with E-state index in [-0.39, 0.29) is 0 Å². The van der Waals surface area contributed by atoms with Gasteiger partial charge in [0.1, 0.15) is 12.5 Å². The molecule has 0 atom stereocenters. The molecule has 0 amide bonds. The molecule has 1 heterocycles. The van der Waals surface area contributed by atoms with Crippen LogP contribution >= 0.6 is 0 Å². The van der Waals surface area contributed by atoms with Gasteiger partial charge in [0, 0.05) is 11.1 Å². The molecule has 1 aromatic carbocycles. The molecular weight excluding hydrogens is 192 g/mol. The van der Waals surface area contributed by atoms with Crippen molar-refractivity contribution in [2.24, 2.45) is 0 Å². The minimum absolute atomic E-state index is 0.468. The molecule has 0 aliphatic heterocycles. The molecule has 74 valence electrons. The summed E-state index contributed by atoms with van der Waals surface area (Å²) >= 11 is 0. The minimum atomic E-state index is 0.468. The lowest BCUT2D eigenvalue weighted by molar-refractivity contribution is -0.594. The number of hydrogen-bond donors (Lipinski definition) is 0.